The summed E-state index contributed by atoms with van der Waals surface area (Å²) in [7, 11) is 0. The number of hydrogen-bond acceptors (Lipinski definition) is 3. The summed E-state index contributed by atoms with van der Waals surface area (Å²) in [6.07, 6.45) is -0.293. The van der Waals surface area contributed by atoms with E-state index in [4.69, 9.17) is 14.6 Å². The molecule has 82 valence electrons. The van der Waals surface area contributed by atoms with Gasteiger partial charge in [-0.1, -0.05) is 26.0 Å². The minimum absolute atomic E-state index is 0.0907. The van der Waals surface area contributed by atoms with Gasteiger partial charge >= 0.3 is 0 Å². The molecule has 0 atom stereocenters. The van der Waals surface area contributed by atoms with Gasteiger partial charge < -0.3 is 14.6 Å². The average Bonchev–Trinajstić information content (AvgIpc) is 2.20. The van der Waals surface area contributed by atoms with Crippen LogP contribution in [0.25, 0.3) is 0 Å². The molecule has 15 heavy (non-hydrogen) atoms. The van der Waals surface area contributed by atoms with Crippen LogP contribution in [0, 0.1) is 5.41 Å². The maximum Gasteiger partial charge on any atom is 0.183 e. The topological polar surface area (TPSA) is 38.7 Å². The number of phenolic OH excluding ortho intramolecular Hbond substituents is 1. The summed E-state index contributed by atoms with van der Waals surface area (Å²) in [5.74, 6) is 0.259. The van der Waals surface area contributed by atoms with Crippen LogP contribution in [-0.2, 0) is 9.47 Å². The van der Waals surface area contributed by atoms with Gasteiger partial charge in [0.25, 0.3) is 0 Å². The van der Waals surface area contributed by atoms with Crippen LogP contribution in [0.15, 0.2) is 24.3 Å². The maximum atomic E-state index is 9.16. The monoisotopic (exact) mass is 208 g/mol. The smallest absolute Gasteiger partial charge is 0.183 e. The van der Waals surface area contributed by atoms with Gasteiger partial charge in [-0.15, -0.1) is 0 Å². The van der Waals surface area contributed by atoms with Crippen molar-refractivity contribution in [3.8, 4) is 5.75 Å². The van der Waals surface area contributed by atoms with Gasteiger partial charge in [-0.3, -0.25) is 0 Å². The highest BCUT2D eigenvalue weighted by Gasteiger charge is 2.28. The Morgan fingerprint density at radius 2 is 1.67 bits per heavy atom. The average molecular weight is 208 g/mol. The van der Waals surface area contributed by atoms with Crippen molar-refractivity contribution in [1.82, 2.24) is 0 Å². The largest absolute Gasteiger partial charge is 0.508 e. The first kappa shape index (κ1) is 10.5. The third-order valence-corrected chi connectivity index (χ3v) is 2.42. The molecule has 0 spiro atoms. The molecule has 3 nitrogen and oxygen atoms in total. The Morgan fingerprint density at radius 3 is 2.20 bits per heavy atom. The van der Waals surface area contributed by atoms with E-state index < -0.39 is 0 Å². The minimum atomic E-state index is -0.293. The molecule has 0 aromatic heterocycles. The van der Waals surface area contributed by atoms with E-state index >= 15 is 0 Å². The molecule has 0 saturated carbocycles. The van der Waals surface area contributed by atoms with Crippen molar-refractivity contribution in [2.75, 3.05) is 13.2 Å². The molecule has 2 rings (SSSR count). The molecule has 0 amide bonds. The second kappa shape index (κ2) is 3.83. The van der Waals surface area contributed by atoms with Gasteiger partial charge in [0, 0.05) is 11.0 Å². The molecule has 1 aliphatic heterocycles. The lowest BCUT2D eigenvalue weighted by Gasteiger charge is -2.34. The molecule has 0 unspecified atom stereocenters. The van der Waals surface area contributed by atoms with Crippen LogP contribution >= 0.6 is 0 Å². The van der Waals surface area contributed by atoms with Gasteiger partial charge in [0.05, 0.1) is 13.2 Å². The van der Waals surface area contributed by atoms with E-state index in [-0.39, 0.29) is 17.5 Å². The lowest BCUT2D eigenvalue weighted by Crippen LogP contribution is -2.33. The van der Waals surface area contributed by atoms with Crippen LogP contribution < -0.4 is 0 Å². The van der Waals surface area contributed by atoms with E-state index in [1.165, 1.54) is 0 Å². The lowest BCUT2D eigenvalue weighted by molar-refractivity contribution is -0.226. The fourth-order valence-corrected chi connectivity index (χ4v) is 1.52. The summed E-state index contributed by atoms with van der Waals surface area (Å²) >= 11 is 0. The molecule has 1 saturated heterocycles. The van der Waals surface area contributed by atoms with Gasteiger partial charge in [-0.2, -0.15) is 0 Å². The van der Waals surface area contributed by atoms with E-state index in [0.29, 0.717) is 13.2 Å². The predicted octanol–water partition coefficient (Wildman–Crippen LogP) is 2.46. The maximum absolute atomic E-state index is 9.16. The van der Waals surface area contributed by atoms with Gasteiger partial charge in [0.15, 0.2) is 6.29 Å². The van der Waals surface area contributed by atoms with Crippen LogP contribution in [0.3, 0.4) is 0 Å². The molecule has 1 aromatic carbocycles. The van der Waals surface area contributed by atoms with Crippen molar-refractivity contribution in [3.63, 3.8) is 0 Å². The number of benzene rings is 1. The normalized spacial score (nSPS) is 21.5. The van der Waals surface area contributed by atoms with Crippen LogP contribution in [0.5, 0.6) is 5.75 Å². The van der Waals surface area contributed by atoms with Crippen molar-refractivity contribution in [2.24, 2.45) is 5.41 Å². The summed E-state index contributed by atoms with van der Waals surface area (Å²) in [5.41, 5.74) is 1.04. The molecule has 1 aliphatic rings. The number of rotatable bonds is 1. The Bertz CT molecular complexity index is 319. The SMILES string of the molecule is CC1(C)COC(c2ccc(O)cc2)OC1. The number of phenols is 1. The highest BCUT2D eigenvalue weighted by Crippen LogP contribution is 2.31. The molecule has 0 aliphatic carbocycles. The summed E-state index contributed by atoms with van der Waals surface area (Å²) in [6.45, 7) is 5.61. The molecule has 3 heteroatoms. The Balaban J connectivity index is 2.04. The van der Waals surface area contributed by atoms with Crippen LogP contribution in [0.2, 0.25) is 0 Å². The highest BCUT2D eigenvalue weighted by molar-refractivity contribution is 5.26. The fourth-order valence-electron chi connectivity index (χ4n) is 1.52. The van der Waals surface area contributed by atoms with E-state index in [9.17, 15) is 0 Å². The predicted molar refractivity (Wildman–Crippen MR) is 56.5 cm³/mol. The Labute approximate surface area is 89.6 Å². The van der Waals surface area contributed by atoms with Crippen LogP contribution in [-0.4, -0.2) is 18.3 Å². The zero-order chi connectivity index (χ0) is 10.9. The van der Waals surface area contributed by atoms with Crippen molar-refractivity contribution < 1.29 is 14.6 Å². The van der Waals surface area contributed by atoms with Gasteiger partial charge in [0.1, 0.15) is 5.75 Å². The van der Waals surface area contributed by atoms with Gasteiger partial charge in [-0.05, 0) is 12.1 Å². The molecular formula is C12H16O3. The number of aromatic hydroxyl groups is 1. The first-order valence-electron chi connectivity index (χ1n) is 5.09. The molecule has 0 bridgehead atoms. The first-order chi connectivity index (χ1) is 7.07. The van der Waals surface area contributed by atoms with E-state index in [1.54, 1.807) is 12.1 Å². The van der Waals surface area contributed by atoms with E-state index in [2.05, 4.69) is 13.8 Å². The Hall–Kier alpha value is -1.06. The number of ether oxygens (including phenoxy) is 2. The third-order valence-electron chi connectivity index (χ3n) is 2.42. The quantitative estimate of drug-likeness (QED) is 0.770. The first-order valence-corrected chi connectivity index (χ1v) is 5.09. The molecule has 0 radical (unpaired) electrons. The summed E-state index contributed by atoms with van der Waals surface area (Å²) in [5, 5.41) is 9.16. The molecule has 1 N–H and O–H groups in total. The van der Waals surface area contributed by atoms with E-state index in [0.717, 1.165) is 5.56 Å². The van der Waals surface area contributed by atoms with Crippen LogP contribution in [0.4, 0.5) is 0 Å². The summed E-state index contributed by atoms with van der Waals surface area (Å²) in [6, 6.07) is 6.92. The molecular weight excluding hydrogens is 192 g/mol. The molecule has 1 aromatic rings. The number of hydrogen-bond donors (Lipinski definition) is 1. The highest BCUT2D eigenvalue weighted by atomic mass is 16.7. The minimum Gasteiger partial charge on any atom is -0.508 e. The van der Waals surface area contributed by atoms with Crippen molar-refractivity contribution in [2.45, 2.75) is 20.1 Å². The van der Waals surface area contributed by atoms with E-state index in [1.807, 2.05) is 12.1 Å². The second-order valence-electron chi connectivity index (χ2n) is 4.71. The fraction of sp³-hybridized carbons (Fsp3) is 0.500. The van der Waals surface area contributed by atoms with Crippen molar-refractivity contribution in [3.05, 3.63) is 29.8 Å². The summed E-state index contributed by atoms with van der Waals surface area (Å²) in [4.78, 5) is 0. The van der Waals surface area contributed by atoms with Crippen molar-refractivity contribution in [1.29, 1.82) is 0 Å². The zero-order valence-electron chi connectivity index (χ0n) is 9.06. The standard InChI is InChI=1S/C12H16O3/c1-12(2)7-14-11(15-8-12)9-3-5-10(13)6-4-9/h3-6,11,13H,7-8H2,1-2H3. The van der Waals surface area contributed by atoms with Gasteiger partial charge in [0.2, 0.25) is 0 Å². The Kier molecular flexibility index (Phi) is 2.67. The second-order valence-corrected chi connectivity index (χ2v) is 4.71. The molecule has 1 fully saturated rings. The summed E-state index contributed by atoms with van der Waals surface area (Å²) < 4.78 is 11.2. The lowest BCUT2D eigenvalue weighted by atomic mass is 9.95. The third kappa shape index (κ3) is 2.49. The van der Waals surface area contributed by atoms with Gasteiger partial charge in [-0.25, -0.2) is 0 Å². The van der Waals surface area contributed by atoms with Crippen LogP contribution in [0.1, 0.15) is 25.7 Å². The Morgan fingerprint density at radius 1 is 1.13 bits per heavy atom. The zero-order valence-corrected chi connectivity index (χ0v) is 9.06. The van der Waals surface area contributed by atoms with Crippen molar-refractivity contribution >= 4 is 0 Å². The molecule has 1 heterocycles.